The summed E-state index contributed by atoms with van der Waals surface area (Å²) in [5.41, 5.74) is 1.18. The summed E-state index contributed by atoms with van der Waals surface area (Å²) in [4.78, 5) is 28.3. The van der Waals surface area contributed by atoms with Crippen molar-refractivity contribution in [3.05, 3.63) is 24.0 Å². The largest absolute Gasteiger partial charge is 0.481 e. The predicted molar refractivity (Wildman–Crippen MR) is 65.6 cm³/mol. The van der Waals surface area contributed by atoms with Gasteiger partial charge in [0.1, 0.15) is 5.69 Å². The molecule has 6 heteroatoms. The van der Waals surface area contributed by atoms with Crippen LogP contribution in [0.5, 0.6) is 0 Å². The molecule has 0 aromatic carbocycles. The van der Waals surface area contributed by atoms with Gasteiger partial charge < -0.3 is 15.3 Å². The van der Waals surface area contributed by atoms with E-state index in [4.69, 9.17) is 5.11 Å². The van der Waals surface area contributed by atoms with Gasteiger partial charge in [-0.3, -0.25) is 14.6 Å². The van der Waals surface area contributed by atoms with Crippen molar-refractivity contribution >= 4 is 17.6 Å². The van der Waals surface area contributed by atoms with E-state index in [-0.39, 0.29) is 11.8 Å². The second-order valence-electron chi connectivity index (χ2n) is 4.25. The maximum absolute atomic E-state index is 11.5. The molecule has 0 radical (unpaired) electrons. The maximum atomic E-state index is 11.5. The zero-order valence-corrected chi connectivity index (χ0v) is 10.1. The highest BCUT2D eigenvalue weighted by atomic mass is 16.4. The lowest BCUT2D eigenvalue weighted by Crippen LogP contribution is -2.24. The first-order chi connectivity index (χ1) is 8.61. The van der Waals surface area contributed by atoms with Crippen LogP contribution in [0.4, 0.5) is 5.69 Å². The van der Waals surface area contributed by atoms with Gasteiger partial charge in [0, 0.05) is 32.0 Å². The quantitative estimate of drug-likeness (QED) is 0.807. The highest BCUT2D eigenvalue weighted by Gasteiger charge is 2.28. The van der Waals surface area contributed by atoms with Crippen LogP contribution in [0.2, 0.25) is 0 Å². The number of aliphatic carboxylic acids is 1. The molecule has 1 amide bonds. The third-order valence-electron chi connectivity index (χ3n) is 3.11. The van der Waals surface area contributed by atoms with Crippen LogP contribution in [-0.4, -0.2) is 42.1 Å². The van der Waals surface area contributed by atoms with Gasteiger partial charge in [-0.25, -0.2) is 0 Å². The highest BCUT2D eigenvalue weighted by molar-refractivity contribution is 5.92. The number of hydrogen-bond donors (Lipinski definition) is 2. The summed E-state index contributed by atoms with van der Waals surface area (Å²) in [7, 11) is 1.55. The fraction of sp³-hybridized carbons (Fsp3) is 0.417. The summed E-state index contributed by atoms with van der Waals surface area (Å²) < 4.78 is 0. The van der Waals surface area contributed by atoms with Crippen LogP contribution in [-0.2, 0) is 4.79 Å². The number of pyridine rings is 1. The second kappa shape index (κ2) is 5.03. The van der Waals surface area contributed by atoms with E-state index in [0.717, 1.165) is 5.69 Å². The number of hydrogen-bond acceptors (Lipinski definition) is 4. The normalized spacial score (nSPS) is 18.7. The number of nitrogens with zero attached hydrogens (tertiary/aromatic N) is 2. The molecule has 1 aliphatic heterocycles. The van der Waals surface area contributed by atoms with Gasteiger partial charge in [-0.1, -0.05) is 0 Å². The Labute approximate surface area is 105 Å². The Kier molecular flexibility index (Phi) is 3.45. The minimum atomic E-state index is -0.766. The topological polar surface area (TPSA) is 82.5 Å². The molecule has 2 N–H and O–H groups in total. The zero-order valence-electron chi connectivity index (χ0n) is 10.1. The molecule has 1 aromatic rings. The minimum Gasteiger partial charge on any atom is -0.481 e. The molecule has 18 heavy (non-hydrogen) atoms. The van der Waals surface area contributed by atoms with E-state index < -0.39 is 5.97 Å². The van der Waals surface area contributed by atoms with E-state index in [1.54, 1.807) is 25.4 Å². The van der Waals surface area contributed by atoms with Crippen LogP contribution in [0.1, 0.15) is 16.9 Å². The summed E-state index contributed by atoms with van der Waals surface area (Å²) in [5.74, 6) is -1.34. The van der Waals surface area contributed by atoms with E-state index in [9.17, 15) is 9.59 Å². The fourth-order valence-corrected chi connectivity index (χ4v) is 2.06. The van der Waals surface area contributed by atoms with Gasteiger partial charge in [0.2, 0.25) is 0 Å². The van der Waals surface area contributed by atoms with Gasteiger partial charge in [-0.05, 0) is 18.6 Å². The van der Waals surface area contributed by atoms with Gasteiger partial charge in [-0.15, -0.1) is 0 Å². The number of aromatic nitrogens is 1. The van der Waals surface area contributed by atoms with Crippen LogP contribution in [0.25, 0.3) is 0 Å². The van der Waals surface area contributed by atoms with Crippen molar-refractivity contribution in [1.82, 2.24) is 10.3 Å². The van der Waals surface area contributed by atoms with Gasteiger partial charge >= 0.3 is 5.97 Å². The molecule has 96 valence electrons. The Bertz CT molecular complexity index is 475. The molecule has 6 nitrogen and oxygen atoms in total. The molecule has 0 spiro atoms. The van der Waals surface area contributed by atoms with Crippen molar-refractivity contribution in [2.45, 2.75) is 6.42 Å². The Morgan fingerprint density at radius 1 is 1.56 bits per heavy atom. The van der Waals surface area contributed by atoms with Crippen molar-refractivity contribution in [3.63, 3.8) is 0 Å². The lowest BCUT2D eigenvalue weighted by atomic mass is 10.1. The number of carbonyl (C=O) groups is 2. The monoisotopic (exact) mass is 249 g/mol. The molecular formula is C12H15N3O3. The number of carbonyl (C=O) groups excluding carboxylic acids is 1. The van der Waals surface area contributed by atoms with Crippen molar-refractivity contribution in [2.75, 3.05) is 25.0 Å². The molecule has 1 aromatic heterocycles. The average Bonchev–Trinajstić information content (AvgIpc) is 2.88. The SMILES string of the molecule is CNC(=O)c1cc(N2CCC(C(=O)O)C2)ccn1. The van der Waals surface area contributed by atoms with Crippen LogP contribution < -0.4 is 10.2 Å². The van der Waals surface area contributed by atoms with E-state index in [0.29, 0.717) is 25.2 Å². The first-order valence-electron chi connectivity index (χ1n) is 5.77. The summed E-state index contributed by atoms with van der Waals surface area (Å²) in [6.45, 7) is 1.17. The van der Waals surface area contributed by atoms with Crippen molar-refractivity contribution in [1.29, 1.82) is 0 Å². The number of carboxylic acid groups (broad SMARTS) is 1. The molecule has 2 heterocycles. The van der Waals surface area contributed by atoms with Crippen LogP contribution >= 0.6 is 0 Å². The summed E-state index contributed by atoms with van der Waals surface area (Å²) in [6, 6.07) is 3.47. The maximum Gasteiger partial charge on any atom is 0.308 e. The molecule has 1 saturated heterocycles. The molecule has 1 fully saturated rings. The Balaban J connectivity index is 2.15. The average molecular weight is 249 g/mol. The van der Waals surface area contributed by atoms with E-state index in [1.807, 2.05) is 4.90 Å². The van der Waals surface area contributed by atoms with Gasteiger partial charge in [0.25, 0.3) is 5.91 Å². The van der Waals surface area contributed by atoms with E-state index >= 15 is 0 Å². The summed E-state index contributed by atoms with van der Waals surface area (Å²) in [5, 5.41) is 11.5. The van der Waals surface area contributed by atoms with Crippen molar-refractivity contribution in [3.8, 4) is 0 Å². The highest BCUT2D eigenvalue weighted by Crippen LogP contribution is 2.24. The predicted octanol–water partition coefficient (Wildman–Crippen LogP) is 0.352. The lowest BCUT2D eigenvalue weighted by Gasteiger charge is -2.18. The molecule has 0 saturated carbocycles. The Hall–Kier alpha value is -2.11. The second-order valence-corrected chi connectivity index (χ2v) is 4.25. The van der Waals surface area contributed by atoms with Gasteiger partial charge in [0.15, 0.2) is 0 Å². The first-order valence-corrected chi connectivity index (χ1v) is 5.77. The van der Waals surface area contributed by atoms with Gasteiger partial charge in [0.05, 0.1) is 5.92 Å². The fourth-order valence-electron chi connectivity index (χ4n) is 2.06. The molecule has 1 aliphatic rings. The number of amides is 1. The lowest BCUT2D eigenvalue weighted by molar-refractivity contribution is -0.140. The third kappa shape index (κ3) is 2.42. The smallest absolute Gasteiger partial charge is 0.308 e. The van der Waals surface area contributed by atoms with Crippen LogP contribution in [0, 0.1) is 5.92 Å². The van der Waals surface area contributed by atoms with Crippen LogP contribution in [0.3, 0.4) is 0 Å². The van der Waals surface area contributed by atoms with Crippen LogP contribution in [0.15, 0.2) is 18.3 Å². The number of rotatable bonds is 3. The third-order valence-corrected chi connectivity index (χ3v) is 3.11. The molecule has 1 unspecified atom stereocenters. The molecule has 0 aliphatic carbocycles. The summed E-state index contributed by atoms with van der Waals surface area (Å²) in [6.07, 6.45) is 2.20. The summed E-state index contributed by atoms with van der Waals surface area (Å²) >= 11 is 0. The first kappa shape index (κ1) is 12.3. The molecule has 0 bridgehead atoms. The minimum absolute atomic E-state index is 0.245. The Morgan fingerprint density at radius 2 is 2.33 bits per heavy atom. The zero-order chi connectivity index (χ0) is 13.1. The molecule has 1 atom stereocenters. The Morgan fingerprint density at radius 3 is 2.94 bits per heavy atom. The van der Waals surface area contributed by atoms with E-state index in [1.165, 1.54) is 0 Å². The number of nitrogens with one attached hydrogen (secondary N) is 1. The number of carboxylic acids is 1. The molecular weight excluding hydrogens is 234 g/mol. The molecule has 2 rings (SSSR count). The van der Waals surface area contributed by atoms with Gasteiger partial charge in [-0.2, -0.15) is 0 Å². The number of anilines is 1. The van der Waals surface area contributed by atoms with E-state index in [2.05, 4.69) is 10.3 Å². The standard InChI is InChI=1S/C12H15N3O3/c1-13-11(16)10-6-9(2-4-14-10)15-5-3-8(7-15)12(17)18/h2,4,6,8H,3,5,7H2,1H3,(H,13,16)(H,17,18). The van der Waals surface area contributed by atoms with Crippen molar-refractivity contribution < 1.29 is 14.7 Å². The van der Waals surface area contributed by atoms with Crippen molar-refractivity contribution in [2.24, 2.45) is 5.92 Å².